The van der Waals surface area contributed by atoms with Crippen LogP contribution < -0.4 is 5.32 Å². The number of amides is 3. The van der Waals surface area contributed by atoms with Crippen LogP contribution in [0.15, 0.2) is 36.4 Å². The highest BCUT2D eigenvalue weighted by atomic mass is 16.2. The van der Waals surface area contributed by atoms with Crippen molar-refractivity contribution in [3.8, 4) is 0 Å². The maximum Gasteiger partial charge on any atom is 0.246 e. The Morgan fingerprint density at radius 2 is 1.81 bits per heavy atom. The van der Waals surface area contributed by atoms with Crippen LogP contribution >= 0.6 is 0 Å². The number of carbonyl (C=O) groups is 3. The SMILES string of the molecule is CCNC(=O)CN(CC)C(=O)C1CCN(C(=O)C=Cc2ccccc2)CC1. The molecular weight excluding hydrogens is 342 g/mol. The summed E-state index contributed by atoms with van der Waals surface area (Å²) in [5.41, 5.74) is 0.986. The molecule has 2 rings (SSSR count). The van der Waals surface area contributed by atoms with Gasteiger partial charge in [0.1, 0.15) is 0 Å². The molecule has 1 saturated heterocycles. The lowest BCUT2D eigenvalue weighted by Gasteiger charge is -2.33. The van der Waals surface area contributed by atoms with E-state index in [9.17, 15) is 14.4 Å². The van der Waals surface area contributed by atoms with E-state index in [2.05, 4.69) is 5.32 Å². The highest BCUT2D eigenvalue weighted by Gasteiger charge is 2.29. The van der Waals surface area contributed by atoms with Gasteiger partial charge in [-0.3, -0.25) is 14.4 Å². The molecule has 0 aliphatic carbocycles. The second-order valence-corrected chi connectivity index (χ2v) is 6.65. The van der Waals surface area contributed by atoms with Gasteiger partial charge in [-0.15, -0.1) is 0 Å². The van der Waals surface area contributed by atoms with E-state index in [-0.39, 0.29) is 30.2 Å². The first-order valence-corrected chi connectivity index (χ1v) is 9.62. The Kier molecular flexibility index (Phi) is 8.04. The number of nitrogens with one attached hydrogen (secondary N) is 1. The molecule has 27 heavy (non-hydrogen) atoms. The van der Waals surface area contributed by atoms with Crippen LogP contribution in [0.4, 0.5) is 0 Å². The molecule has 6 nitrogen and oxygen atoms in total. The van der Waals surface area contributed by atoms with Gasteiger partial charge in [0.2, 0.25) is 17.7 Å². The third-order valence-electron chi connectivity index (χ3n) is 4.78. The summed E-state index contributed by atoms with van der Waals surface area (Å²) in [5.74, 6) is -0.275. The zero-order valence-electron chi connectivity index (χ0n) is 16.2. The van der Waals surface area contributed by atoms with Crippen molar-refractivity contribution in [3.05, 3.63) is 42.0 Å². The molecule has 1 heterocycles. The maximum atomic E-state index is 12.7. The molecule has 146 valence electrons. The molecule has 0 unspecified atom stereocenters. The topological polar surface area (TPSA) is 69.7 Å². The summed E-state index contributed by atoms with van der Waals surface area (Å²) in [5, 5.41) is 2.72. The number of nitrogens with zero attached hydrogens (tertiary/aromatic N) is 2. The summed E-state index contributed by atoms with van der Waals surface area (Å²) in [6, 6.07) is 9.70. The number of piperidine rings is 1. The Morgan fingerprint density at radius 3 is 2.41 bits per heavy atom. The minimum absolute atomic E-state index is 0.00989. The molecule has 6 heteroatoms. The van der Waals surface area contributed by atoms with Crippen molar-refractivity contribution in [2.24, 2.45) is 5.92 Å². The summed E-state index contributed by atoms with van der Waals surface area (Å²) in [4.78, 5) is 40.2. The second kappa shape index (κ2) is 10.5. The van der Waals surface area contributed by atoms with Gasteiger partial charge in [-0.2, -0.15) is 0 Å². The monoisotopic (exact) mass is 371 g/mol. The third-order valence-corrected chi connectivity index (χ3v) is 4.78. The molecular formula is C21H29N3O3. The standard InChI is InChI=1S/C21H29N3O3/c1-3-22-19(25)16-23(4-2)21(27)18-12-14-24(15-13-18)20(26)11-10-17-8-6-5-7-9-17/h5-11,18H,3-4,12-16H2,1-2H3,(H,22,25). The fraction of sp³-hybridized carbons (Fsp3) is 0.476. The molecule has 1 fully saturated rings. The highest BCUT2D eigenvalue weighted by molar-refractivity contribution is 5.92. The number of hydrogen-bond acceptors (Lipinski definition) is 3. The average Bonchev–Trinajstić information content (AvgIpc) is 2.71. The van der Waals surface area contributed by atoms with Gasteiger partial charge in [0.25, 0.3) is 0 Å². The van der Waals surface area contributed by atoms with Crippen molar-refractivity contribution in [1.82, 2.24) is 15.1 Å². The van der Waals surface area contributed by atoms with Gasteiger partial charge >= 0.3 is 0 Å². The van der Waals surface area contributed by atoms with Crippen LogP contribution in [0.25, 0.3) is 6.08 Å². The normalized spacial score (nSPS) is 15.0. The van der Waals surface area contributed by atoms with Gasteiger partial charge in [-0.25, -0.2) is 0 Å². The van der Waals surface area contributed by atoms with E-state index < -0.39 is 0 Å². The summed E-state index contributed by atoms with van der Waals surface area (Å²) < 4.78 is 0. The first-order chi connectivity index (χ1) is 13.0. The van der Waals surface area contributed by atoms with Crippen molar-refractivity contribution in [2.75, 3.05) is 32.7 Å². The van der Waals surface area contributed by atoms with Crippen LogP contribution in [0.3, 0.4) is 0 Å². The molecule has 1 aliphatic heterocycles. The van der Waals surface area contributed by atoms with Crippen LogP contribution in [-0.4, -0.2) is 60.2 Å². The van der Waals surface area contributed by atoms with Crippen molar-refractivity contribution < 1.29 is 14.4 Å². The average molecular weight is 371 g/mol. The lowest BCUT2D eigenvalue weighted by atomic mass is 9.95. The fourth-order valence-corrected chi connectivity index (χ4v) is 3.21. The Bertz CT molecular complexity index is 665. The molecule has 0 saturated carbocycles. The number of benzene rings is 1. The highest BCUT2D eigenvalue weighted by Crippen LogP contribution is 2.20. The zero-order valence-corrected chi connectivity index (χ0v) is 16.2. The first-order valence-electron chi connectivity index (χ1n) is 9.62. The molecule has 0 aromatic heterocycles. The minimum atomic E-state index is -0.133. The predicted molar refractivity (Wildman–Crippen MR) is 106 cm³/mol. The van der Waals surface area contributed by atoms with Crippen molar-refractivity contribution in [1.29, 1.82) is 0 Å². The molecule has 0 atom stereocenters. The van der Waals surface area contributed by atoms with Crippen LogP contribution in [0.5, 0.6) is 0 Å². The van der Waals surface area contributed by atoms with Crippen molar-refractivity contribution in [3.63, 3.8) is 0 Å². The number of rotatable bonds is 7. The molecule has 1 aliphatic rings. The Hall–Kier alpha value is -2.63. The Labute approximate surface area is 161 Å². The molecule has 1 aromatic rings. The zero-order chi connectivity index (χ0) is 19.6. The van der Waals surface area contributed by atoms with Crippen LogP contribution in [0.2, 0.25) is 0 Å². The predicted octanol–water partition coefficient (Wildman–Crippen LogP) is 1.92. The van der Waals surface area contributed by atoms with Gasteiger partial charge in [0.05, 0.1) is 6.54 Å². The van der Waals surface area contributed by atoms with Crippen LogP contribution in [-0.2, 0) is 14.4 Å². The Balaban J connectivity index is 1.84. The first kappa shape index (κ1) is 20.7. The van der Waals surface area contributed by atoms with E-state index in [1.165, 1.54) is 0 Å². The summed E-state index contributed by atoms with van der Waals surface area (Å²) in [7, 11) is 0. The summed E-state index contributed by atoms with van der Waals surface area (Å²) in [6.07, 6.45) is 4.67. The fourth-order valence-electron chi connectivity index (χ4n) is 3.21. The number of likely N-dealkylation sites (tertiary alicyclic amines) is 1. The lowest BCUT2D eigenvalue weighted by Crippen LogP contribution is -2.46. The third kappa shape index (κ3) is 6.24. The molecule has 0 bridgehead atoms. The molecule has 0 radical (unpaired) electrons. The number of hydrogen-bond donors (Lipinski definition) is 1. The van der Waals surface area contributed by atoms with Crippen LogP contribution in [0.1, 0.15) is 32.3 Å². The molecule has 1 aromatic carbocycles. The van der Waals surface area contributed by atoms with Crippen molar-refractivity contribution in [2.45, 2.75) is 26.7 Å². The maximum absolute atomic E-state index is 12.7. The smallest absolute Gasteiger partial charge is 0.246 e. The van der Waals surface area contributed by atoms with Gasteiger partial charge in [0, 0.05) is 38.2 Å². The summed E-state index contributed by atoms with van der Waals surface area (Å²) >= 11 is 0. The lowest BCUT2D eigenvalue weighted by molar-refractivity contribution is -0.141. The van der Waals surface area contributed by atoms with E-state index in [0.29, 0.717) is 39.0 Å². The van der Waals surface area contributed by atoms with E-state index in [4.69, 9.17) is 0 Å². The summed E-state index contributed by atoms with van der Waals surface area (Å²) in [6.45, 7) is 6.03. The second-order valence-electron chi connectivity index (χ2n) is 6.65. The molecule has 1 N–H and O–H groups in total. The van der Waals surface area contributed by atoms with E-state index in [0.717, 1.165) is 5.56 Å². The van der Waals surface area contributed by atoms with E-state index >= 15 is 0 Å². The quantitative estimate of drug-likeness (QED) is 0.745. The largest absolute Gasteiger partial charge is 0.355 e. The van der Waals surface area contributed by atoms with Gasteiger partial charge in [0.15, 0.2) is 0 Å². The van der Waals surface area contributed by atoms with E-state index in [1.54, 1.807) is 15.9 Å². The van der Waals surface area contributed by atoms with Crippen molar-refractivity contribution >= 4 is 23.8 Å². The number of likely N-dealkylation sites (N-methyl/N-ethyl adjacent to an activating group) is 2. The Morgan fingerprint density at radius 1 is 1.15 bits per heavy atom. The molecule has 0 spiro atoms. The molecule has 3 amide bonds. The minimum Gasteiger partial charge on any atom is -0.355 e. The van der Waals surface area contributed by atoms with Crippen LogP contribution in [0, 0.1) is 5.92 Å². The van der Waals surface area contributed by atoms with E-state index in [1.807, 2.05) is 50.3 Å². The van der Waals surface area contributed by atoms with Gasteiger partial charge in [-0.1, -0.05) is 30.3 Å². The van der Waals surface area contributed by atoms with Gasteiger partial charge < -0.3 is 15.1 Å². The number of carbonyl (C=O) groups excluding carboxylic acids is 3. The van der Waals surface area contributed by atoms with Gasteiger partial charge in [-0.05, 0) is 38.3 Å².